The van der Waals surface area contributed by atoms with Gasteiger partial charge in [0, 0.05) is 0 Å². The Labute approximate surface area is 107 Å². The highest BCUT2D eigenvalue weighted by molar-refractivity contribution is 6.00. The first-order valence-electron chi connectivity index (χ1n) is 5.93. The molecule has 0 heterocycles. The molecule has 1 unspecified atom stereocenters. The van der Waals surface area contributed by atoms with Crippen LogP contribution in [0.3, 0.4) is 0 Å². The van der Waals surface area contributed by atoms with E-state index in [9.17, 15) is 14.7 Å². The largest absolute Gasteiger partial charge is 0.387 e. The average Bonchev–Trinajstić information content (AvgIpc) is 2.33. The minimum absolute atomic E-state index is 0.220. The minimum Gasteiger partial charge on any atom is -0.387 e. The van der Waals surface area contributed by atoms with Crippen LogP contribution in [-0.2, 0) is 14.3 Å². The summed E-state index contributed by atoms with van der Waals surface area (Å²) < 4.78 is 4.37. The van der Waals surface area contributed by atoms with E-state index in [0.717, 1.165) is 19.3 Å². The molecule has 5 nitrogen and oxygen atoms in total. The molecule has 0 fully saturated rings. The summed E-state index contributed by atoms with van der Waals surface area (Å²) in [6, 6.07) is 1.48. The van der Waals surface area contributed by atoms with Gasteiger partial charge in [0.25, 0.3) is 0 Å². The lowest BCUT2D eigenvalue weighted by Gasteiger charge is -2.20. The minimum atomic E-state index is -1.71. The Morgan fingerprint density at radius 3 is 2.50 bits per heavy atom. The van der Waals surface area contributed by atoms with Crippen LogP contribution in [-0.4, -0.2) is 22.6 Å². The van der Waals surface area contributed by atoms with Gasteiger partial charge in [-0.15, -0.1) is 0 Å². The third kappa shape index (κ3) is 5.60. The van der Waals surface area contributed by atoms with Crippen LogP contribution in [0.15, 0.2) is 12.2 Å². The van der Waals surface area contributed by atoms with E-state index in [0.29, 0.717) is 6.42 Å². The Hall–Kier alpha value is -1.67. The molecule has 0 saturated heterocycles. The van der Waals surface area contributed by atoms with Crippen molar-refractivity contribution in [2.24, 2.45) is 0 Å². The lowest BCUT2D eigenvalue weighted by Crippen LogP contribution is -2.38. The summed E-state index contributed by atoms with van der Waals surface area (Å²) in [6.45, 7) is 6.47. The van der Waals surface area contributed by atoms with Crippen LogP contribution >= 0.6 is 0 Å². The molecule has 0 spiro atoms. The first kappa shape index (κ1) is 16.3. The van der Waals surface area contributed by atoms with Gasteiger partial charge in [0.2, 0.25) is 0 Å². The Morgan fingerprint density at radius 2 is 2.00 bits per heavy atom. The topological polar surface area (TPSA) is 87.4 Å². The SMILES string of the molecule is C=C(C#N)C(=O)OC(=O)C(C)(O)CCCCCC. The van der Waals surface area contributed by atoms with E-state index in [1.54, 1.807) is 0 Å². The molecule has 0 aliphatic heterocycles. The molecule has 0 aliphatic carbocycles. The molecule has 1 atom stereocenters. The molecule has 0 aliphatic rings. The van der Waals surface area contributed by atoms with Gasteiger partial charge in [-0.1, -0.05) is 32.8 Å². The number of aliphatic hydroxyl groups is 1. The van der Waals surface area contributed by atoms with Gasteiger partial charge in [-0.2, -0.15) is 5.26 Å². The van der Waals surface area contributed by atoms with Gasteiger partial charge < -0.3 is 9.84 Å². The summed E-state index contributed by atoms with van der Waals surface area (Å²) in [5.41, 5.74) is -2.18. The number of carbonyl (C=O) groups is 2. The summed E-state index contributed by atoms with van der Waals surface area (Å²) in [4.78, 5) is 22.6. The number of hydrogen-bond donors (Lipinski definition) is 1. The molecule has 18 heavy (non-hydrogen) atoms. The summed E-state index contributed by atoms with van der Waals surface area (Å²) in [5, 5.41) is 18.2. The van der Waals surface area contributed by atoms with E-state index >= 15 is 0 Å². The van der Waals surface area contributed by atoms with Crippen LogP contribution in [0.2, 0.25) is 0 Å². The summed E-state index contributed by atoms with van der Waals surface area (Å²) in [5.74, 6) is -2.16. The maximum Gasteiger partial charge on any atom is 0.355 e. The average molecular weight is 253 g/mol. The van der Waals surface area contributed by atoms with E-state index in [2.05, 4.69) is 18.2 Å². The van der Waals surface area contributed by atoms with Gasteiger partial charge in [0.1, 0.15) is 11.6 Å². The Kier molecular flexibility index (Phi) is 6.91. The van der Waals surface area contributed by atoms with Crippen molar-refractivity contribution in [2.75, 3.05) is 0 Å². The predicted octanol–water partition coefficient (Wildman–Crippen LogP) is 1.86. The van der Waals surface area contributed by atoms with Crippen molar-refractivity contribution in [3.63, 3.8) is 0 Å². The second kappa shape index (κ2) is 7.62. The highest BCUT2D eigenvalue weighted by Gasteiger charge is 2.33. The maximum absolute atomic E-state index is 11.5. The second-order valence-electron chi connectivity index (χ2n) is 4.35. The van der Waals surface area contributed by atoms with Crippen molar-refractivity contribution >= 4 is 11.9 Å². The van der Waals surface area contributed by atoms with Gasteiger partial charge in [0.05, 0.1) is 0 Å². The van der Waals surface area contributed by atoms with E-state index in [1.165, 1.54) is 13.0 Å². The van der Waals surface area contributed by atoms with Crippen molar-refractivity contribution in [1.29, 1.82) is 5.26 Å². The highest BCUT2D eigenvalue weighted by atomic mass is 16.6. The normalized spacial score (nSPS) is 13.2. The summed E-state index contributed by atoms with van der Waals surface area (Å²) >= 11 is 0. The molecule has 5 heteroatoms. The number of ether oxygens (including phenoxy) is 1. The third-order valence-corrected chi connectivity index (χ3v) is 2.52. The molecular formula is C13H19NO4. The molecule has 0 aromatic rings. The van der Waals surface area contributed by atoms with E-state index in [-0.39, 0.29) is 6.42 Å². The van der Waals surface area contributed by atoms with Crippen LogP contribution in [0, 0.1) is 11.3 Å². The van der Waals surface area contributed by atoms with Crippen molar-refractivity contribution in [3.05, 3.63) is 12.2 Å². The van der Waals surface area contributed by atoms with Crippen molar-refractivity contribution in [3.8, 4) is 6.07 Å². The van der Waals surface area contributed by atoms with Crippen LogP contribution in [0.1, 0.15) is 46.0 Å². The zero-order valence-corrected chi connectivity index (χ0v) is 10.9. The van der Waals surface area contributed by atoms with Gasteiger partial charge in [-0.05, 0) is 19.8 Å². The fourth-order valence-electron chi connectivity index (χ4n) is 1.30. The number of hydrogen-bond acceptors (Lipinski definition) is 5. The van der Waals surface area contributed by atoms with Crippen LogP contribution in [0.4, 0.5) is 0 Å². The first-order valence-corrected chi connectivity index (χ1v) is 5.93. The lowest BCUT2D eigenvalue weighted by molar-refractivity contribution is -0.171. The van der Waals surface area contributed by atoms with Crippen LogP contribution in [0.25, 0.3) is 0 Å². The van der Waals surface area contributed by atoms with Gasteiger partial charge >= 0.3 is 11.9 Å². The first-order chi connectivity index (χ1) is 8.35. The fourth-order valence-corrected chi connectivity index (χ4v) is 1.30. The van der Waals surface area contributed by atoms with Gasteiger partial charge in [0.15, 0.2) is 5.60 Å². The molecule has 100 valence electrons. The molecule has 0 saturated carbocycles. The number of nitriles is 1. The molecule has 0 aromatic carbocycles. The molecule has 0 bridgehead atoms. The molecular weight excluding hydrogens is 234 g/mol. The molecule has 0 amide bonds. The van der Waals surface area contributed by atoms with E-state index in [1.807, 2.05) is 0 Å². The van der Waals surface area contributed by atoms with Gasteiger partial charge in [-0.3, -0.25) is 0 Å². The number of rotatable bonds is 7. The van der Waals surface area contributed by atoms with Crippen LogP contribution < -0.4 is 0 Å². The maximum atomic E-state index is 11.5. The molecule has 0 rings (SSSR count). The lowest BCUT2D eigenvalue weighted by atomic mass is 9.98. The molecule has 0 aromatic heterocycles. The van der Waals surface area contributed by atoms with Crippen LogP contribution in [0.5, 0.6) is 0 Å². The Morgan fingerprint density at radius 1 is 1.39 bits per heavy atom. The summed E-state index contributed by atoms with van der Waals surface area (Å²) in [7, 11) is 0. The predicted molar refractivity (Wildman–Crippen MR) is 65.2 cm³/mol. The zero-order chi connectivity index (χ0) is 14.2. The monoisotopic (exact) mass is 253 g/mol. The van der Waals surface area contributed by atoms with Crippen molar-refractivity contribution in [2.45, 2.75) is 51.6 Å². The second-order valence-corrected chi connectivity index (χ2v) is 4.35. The van der Waals surface area contributed by atoms with Gasteiger partial charge in [-0.25, -0.2) is 9.59 Å². The quantitative estimate of drug-likeness (QED) is 0.246. The zero-order valence-electron chi connectivity index (χ0n) is 10.9. The Bertz CT molecular complexity index is 366. The Balaban J connectivity index is 4.26. The van der Waals surface area contributed by atoms with E-state index in [4.69, 9.17) is 5.26 Å². The highest BCUT2D eigenvalue weighted by Crippen LogP contribution is 2.17. The smallest absolute Gasteiger partial charge is 0.355 e. The summed E-state index contributed by atoms with van der Waals surface area (Å²) in [6.07, 6.45) is 3.86. The van der Waals surface area contributed by atoms with Crippen molar-refractivity contribution < 1.29 is 19.4 Å². The molecule has 0 radical (unpaired) electrons. The third-order valence-electron chi connectivity index (χ3n) is 2.52. The molecule has 1 N–H and O–H groups in total. The number of nitrogens with zero attached hydrogens (tertiary/aromatic N) is 1. The van der Waals surface area contributed by atoms with Crippen molar-refractivity contribution in [1.82, 2.24) is 0 Å². The van der Waals surface area contributed by atoms with E-state index < -0.39 is 23.1 Å². The fraction of sp³-hybridized carbons (Fsp3) is 0.615. The number of carbonyl (C=O) groups excluding carboxylic acids is 2. The number of unbranched alkanes of at least 4 members (excludes halogenated alkanes) is 3. The number of esters is 2. The standard InChI is InChI=1S/C13H19NO4/c1-4-5-6-7-8-13(3,17)12(16)18-11(15)10(2)9-14/h17H,2,4-8H2,1,3H3.